The third-order valence-electron chi connectivity index (χ3n) is 3.82. The fraction of sp³-hybridized carbons (Fsp3) is 0.0588. The van der Waals surface area contributed by atoms with Crippen LogP contribution in [-0.2, 0) is 0 Å². The first kappa shape index (κ1) is 14.9. The summed E-state index contributed by atoms with van der Waals surface area (Å²) in [7, 11) is 1.48. The number of fused-ring (bicyclic) bond motifs is 2. The van der Waals surface area contributed by atoms with Gasteiger partial charge < -0.3 is 19.7 Å². The molecule has 0 radical (unpaired) electrons. The molecule has 2 aromatic heterocycles. The largest absolute Gasteiger partial charge is 0.493 e. The average Bonchev–Trinajstić information content (AvgIpc) is 2.98. The Balaban J connectivity index is 1.83. The number of aromatic nitrogens is 3. The first-order valence-electron chi connectivity index (χ1n) is 7.48. The van der Waals surface area contributed by atoms with Crippen LogP contribution in [0.5, 0.6) is 5.75 Å². The number of benzene rings is 2. The monoisotopic (exact) mass is 335 g/mol. The number of aromatic amines is 3. The van der Waals surface area contributed by atoms with Gasteiger partial charge in [0, 0.05) is 5.39 Å². The number of hydrogen-bond donors (Lipinski definition) is 3. The number of imidazole rings is 1. The molecule has 4 aromatic rings. The maximum atomic E-state index is 12.3. The Labute approximate surface area is 140 Å². The standard InChI is InChI=1S/C17H13N5O3/c1-25-15-10-4-2-3-5-11(10)18-16(23)14(15)22-21-9-6-7-12-13(8-9)20-17(24)19-12/h2-8H,1H3,(H,18,23)(H2,19,20,24). The Morgan fingerprint density at radius 3 is 2.52 bits per heavy atom. The van der Waals surface area contributed by atoms with Gasteiger partial charge in [0.2, 0.25) is 0 Å². The highest BCUT2D eigenvalue weighted by molar-refractivity contribution is 5.89. The summed E-state index contributed by atoms with van der Waals surface area (Å²) < 4.78 is 5.38. The van der Waals surface area contributed by atoms with Crippen molar-refractivity contribution in [2.24, 2.45) is 10.2 Å². The van der Waals surface area contributed by atoms with E-state index < -0.39 is 5.56 Å². The van der Waals surface area contributed by atoms with Crippen molar-refractivity contribution in [1.82, 2.24) is 15.0 Å². The third kappa shape index (κ3) is 2.59. The summed E-state index contributed by atoms with van der Waals surface area (Å²) in [5, 5.41) is 8.91. The second kappa shape index (κ2) is 5.75. The zero-order valence-corrected chi connectivity index (χ0v) is 13.2. The summed E-state index contributed by atoms with van der Waals surface area (Å²) in [6.07, 6.45) is 0. The summed E-state index contributed by atoms with van der Waals surface area (Å²) in [5.41, 5.74) is 1.84. The molecule has 8 nitrogen and oxygen atoms in total. The number of pyridine rings is 1. The van der Waals surface area contributed by atoms with E-state index in [-0.39, 0.29) is 11.4 Å². The van der Waals surface area contributed by atoms with Crippen molar-refractivity contribution in [2.75, 3.05) is 7.11 Å². The van der Waals surface area contributed by atoms with Gasteiger partial charge in [0.15, 0.2) is 11.4 Å². The van der Waals surface area contributed by atoms with E-state index in [4.69, 9.17) is 4.74 Å². The normalized spacial score (nSPS) is 11.6. The molecule has 0 aliphatic heterocycles. The molecule has 0 aliphatic rings. The lowest BCUT2D eigenvalue weighted by molar-refractivity contribution is 0.420. The lowest BCUT2D eigenvalue weighted by Gasteiger charge is -2.07. The number of nitrogens with zero attached hydrogens (tertiary/aromatic N) is 2. The van der Waals surface area contributed by atoms with Crippen LogP contribution in [0, 0.1) is 0 Å². The van der Waals surface area contributed by atoms with Crippen LogP contribution in [0.2, 0.25) is 0 Å². The van der Waals surface area contributed by atoms with E-state index in [2.05, 4.69) is 25.2 Å². The second-order valence-electron chi connectivity index (χ2n) is 5.39. The first-order chi connectivity index (χ1) is 12.2. The van der Waals surface area contributed by atoms with Gasteiger partial charge in [-0.05, 0) is 30.3 Å². The molecule has 0 bridgehead atoms. The molecule has 0 saturated heterocycles. The first-order valence-corrected chi connectivity index (χ1v) is 7.48. The van der Waals surface area contributed by atoms with Gasteiger partial charge in [0.05, 0.1) is 29.3 Å². The number of nitrogens with one attached hydrogen (secondary N) is 3. The third-order valence-corrected chi connectivity index (χ3v) is 3.82. The number of methoxy groups -OCH3 is 1. The molecule has 4 rings (SSSR count). The van der Waals surface area contributed by atoms with Gasteiger partial charge in [-0.15, -0.1) is 5.11 Å². The van der Waals surface area contributed by atoms with Gasteiger partial charge >= 0.3 is 5.69 Å². The SMILES string of the molecule is COc1c(N=Nc2ccc3[nH]c(=O)[nH]c3c2)c(=O)[nH]c2ccccc12. The van der Waals surface area contributed by atoms with Crippen LogP contribution in [0.15, 0.2) is 62.3 Å². The molecule has 0 saturated carbocycles. The van der Waals surface area contributed by atoms with Crippen molar-refractivity contribution >= 4 is 33.3 Å². The summed E-state index contributed by atoms with van der Waals surface area (Å²) in [4.78, 5) is 31.7. The van der Waals surface area contributed by atoms with Crippen molar-refractivity contribution in [3.8, 4) is 5.75 Å². The van der Waals surface area contributed by atoms with Gasteiger partial charge in [-0.2, -0.15) is 5.11 Å². The maximum Gasteiger partial charge on any atom is 0.323 e. The molecule has 0 amide bonds. The fourth-order valence-corrected chi connectivity index (χ4v) is 2.69. The predicted molar refractivity (Wildman–Crippen MR) is 94.2 cm³/mol. The van der Waals surface area contributed by atoms with Gasteiger partial charge in [-0.1, -0.05) is 12.1 Å². The Morgan fingerprint density at radius 2 is 1.68 bits per heavy atom. The number of hydrogen-bond acceptors (Lipinski definition) is 5. The Morgan fingerprint density at radius 1 is 0.880 bits per heavy atom. The van der Waals surface area contributed by atoms with Crippen molar-refractivity contribution in [1.29, 1.82) is 0 Å². The Bertz CT molecular complexity index is 1230. The van der Waals surface area contributed by atoms with Gasteiger partial charge in [-0.3, -0.25) is 4.79 Å². The van der Waals surface area contributed by atoms with E-state index in [0.717, 1.165) is 5.39 Å². The fourth-order valence-electron chi connectivity index (χ4n) is 2.69. The molecular weight excluding hydrogens is 322 g/mol. The zero-order chi connectivity index (χ0) is 17.4. The van der Waals surface area contributed by atoms with E-state index in [0.29, 0.717) is 28.0 Å². The zero-order valence-electron chi connectivity index (χ0n) is 13.2. The average molecular weight is 335 g/mol. The molecule has 3 N–H and O–H groups in total. The van der Waals surface area contributed by atoms with E-state index in [1.54, 1.807) is 24.3 Å². The minimum absolute atomic E-state index is 0.0869. The van der Waals surface area contributed by atoms with Crippen LogP contribution in [0.25, 0.3) is 21.9 Å². The highest BCUT2D eigenvalue weighted by atomic mass is 16.5. The van der Waals surface area contributed by atoms with Gasteiger partial charge in [-0.25, -0.2) is 4.79 Å². The molecule has 124 valence electrons. The van der Waals surface area contributed by atoms with Crippen molar-refractivity contribution in [3.05, 3.63) is 63.3 Å². The number of azo groups is 1. The Hall–Kier alpha value is -3.68. The van der Waals surface area contributed by atoms with Crippen molar-refractivity contribution < 1.29 is 4.74 Å². The number of rotatable bonds is 3. The van der Waals surface area contributed by atoms with E-state index in [9.17, 15) is 9.59 Å². The molecular formula is C17H13N5O3. The molecule has 2 heterocycles. The Kier molecular flexibility index (Phi) is 3.42. The summed E-state index contributed by atoms with van der Waals surface area (Å²) in [5.74, 6) is 0.360. The number of H-pyrrole nitrogens is 3. The molecule has 0 aliphatic carbocycles. The summed E-state index contributed by atoms with van der Waals surface area (Å²) >= 11 is 0. The highest BCUT2D eigenvalue weighted by Crippen LogP contribution is 2.32. The van der Waals surface area contributed by atoms with Crippen LogP contribution >= 0.6 is 0 Å². The van der Waals surface area contributed by atoms with E-state index >= 15 is 0 Å². The highest BCUT2D eigenvalue weighted by Gasteiger charge is 2.12. The number of para-hydroxylation sites is 1. The summed E-state index contributed by atoms with van der Waals surface area (Å²) in [6, 6.07) is 12.4. The van der Waals surface area contributed by atoms with E-state index in [1.807, 2.05) is 18.2 Å². The van der Waals surface area contributed by atoms with Gasteiger partial charge in [0.1, 0.15) is 0 Å². The summed E-state index contributed by atoms with van der Waals surface area (Å²) in [6.45, 7) is 0. The second-order valence-corrected chi connectivity index (χ2v) is 5.39. The van der Waals surface area contributed by atoms with Gasteiger partial charge in [0.25, 0.3) is 5.56 Å². The van der Waals surface area contributed by atoms with Crippen molar-refractivity contribution in [3.63, 3.8) is 0 Å². The molecule has 0 unspecified atom stereocenters. The molecule has 0 fully saturated rings. The van der Waals surface area contributed by atoms with Crippen LogP contribution in [0.4, 0.5) is 11.4 Å². The predicted octanol–water partition coefficient (Wildman–Crippen LogP) is 3.12. The smallest absolute Gasteiger partial charge is 0.323 e. The maximum absolute atomic E-state index is 12.3. The minimum Gasteiger partial charge on any atom is -0.493 e. The lowest BCUT2D eigenvalue weighted by Crippen LogP contribution is -2.07. The molecule has 25 heavy (non-hydrogen) atoms. The lowest BCUT2D eigenvalue weighted by atomic mass is 10.2. The molecule has 8 heteroatoms. The topological polar surface area (TPSA) is 115 Å². The molecule has 0 atom stereocenters. The van der Waals surface area contributed by atoms with E-state index in [1.165, 1.54) is 7.11 Å². The van der Waals surface area contributed by atoms with Crippen LogP contribution in [0.1, 0.15) is 0 Å². The minimum atomic E-state index is -0.393. The van der Waals surface area contributed by atoms with Crippen LogP contribution in [-0.4, -0.2) is 22.1 Å². The number of ether oxygens (including phenoxy) is 1. The quantitative estimate of drug-likeness (QED) is 0.499. The van der Waals surface area contributed by atoms with Crippen molar-refractivity contribution in [2.45, 2.75) is 0 Å². The molecule has 2 aromatic carbocycles. The van der Waals surface area contributed by atoms with Crippen LogP contribution in [0.3, 0.4) is 0 Å². The van der Waals surface area contributed by atoms with Crippen LogP contribution < -0.4 is 16.0 Å². The molecule has 0 spiro atoms.